The van der Waals surface area contributed by atoms with E-state index in [2.05, 4.69) is 6.92 Å². The van der Waals surface area contributed by atoms with Gasteiger partial charge >= 0.3 is 0 Å². The fourth-order valence-corrected chi connectivity index (χ4v) is 2.08. The Hall–Kier alpha value is 0.150. The van der Waals surface area contributed by atoms with Crippen LogP contribution in [0.4, 0.5) is 0 Å². The van der Waals surface area contributed by atoms with Crippen LogP contribution in [-0.4, -0.2) is 22.5 Å². The second-order valence-electron chi connectivity index (χ2n) is 3.71. The fourth-order valence-electron chi connectivity index (χ4n) is 1.10. The third-order valence-corrected chi connectivity index (χ3v) is 3.19. The van der Waals surface area contributed by atoms with Crippen LogP contribution < -0.4 is 0 Å². The third kappa shape index (κ3) is 10.2. The van der Waals surface area contributed by atoms with Crippen molar-refractivity contribution >= 4 is 9.93 Å². The predicted molar refractivity (Wildman–Crippen MR) is 55.0 cm³/mol. The van der Waals surface area contributed by atoms with Crippen LogP contribution in [0, 0.1) is 0 Å². The van der Waals surface area contributed by atoms with Crippen molar-refractivity contribution in [3.63, 3.8) is 0 Å². The van der Waals surface area contributed by atoms with Gasteiger partial charge in [0.2, 0.25) is 0 Å². The number of hydrogen-bond acceptors (Lipinski definition) is 1. The maximum Gasteiger partial charge on any atom is 0.000767 e. The van der Waals surface area contributed by atoms with E-state index in [-0.39, 0.29) is 0 Å². The van der Waals surface area contributed by atoms with Gasteiger partial charge in [-0.2, -0.15) is 0 Å². The number of unbranched alkanes of at least 4 members (excludes halogenated alkanes) is 4. The van der Waals surface area contributed by atoms with E-state index in [9.17, 15) is 4.21 Å². The highest BCUT2D eigenvalue weighted by atomic mass is 32.2. The molecule has 0 aromatic carbocycles. The first-order valence-corrected chi connectivity index (χ1v) is 7.39. The van der Waals surface area contributed by atoms with E-state index in [0.29, 0.717) is 0 Å². The molecule has 0 saturated heterocycles. The monoisotopic (exact) mass is 178 g/mol. The lowest BCUT2D eigenvalue weighted by molar-refractivity contribution is 0.645. The Balaban J connectivity index is 3.09. The molecule has 11 heavy (non-hydrogen) atoms. The Morgan fingerprint density at radius 3 is 2.00 bits per heavy atom. The molecule has 1 nitrogen and oxygen atoms in total. The van der Waals surface area contributed by atoms with E-state index >= 15 is 0 Å². The minimum absolute atomic E-state index is 0.941. The van der Waals surface area contributed by atoms with Crippen molar-refractivity contribution in [3.05, 3.63) is 0 Å². The van der Waals surface area contributed by atoms with Gasteiger partial charge in [0.15, 0.2) is 0 Å². The average Bonchev–Trinajstić information content (AvgIpc) is 1.85. The molecule has 0 aliphatic rings. The Bertz CT molecular complexity index is 126. The van der Waals surface area contributed by atoms with Crippen molar-refractivity contribution in [3.8, 4) is 0 Å². The van der Waals surface area contributed by atoms with E-state index < -0.39 is 9.93 Å². The molecule has 0 aliphatic heterocycles. The minimum atomic E-state index is -1.71. The van der Waals surface area contributed by atoms with Crippen molar-refractivity contribution in [2.75, 3.05) is 18.3 Å². The van der Waals surface area contributed by atoms with Gasteiger partial charge in [-0.3, -0.25) is 4.21 Å². The molecular formula is C9H22OS. The van der Waals surface area contributed by atoms with Gasteiger partial charge in [0.05, 0.1) is 0 Å². The first kappa shape index (κ1) is 11.2. The standard InChI is InChI=1S/C9H22OS/c1-4-5-6-7-8-9-11(2,3)10/h11H,4-9H2,1-3H3. The van der Waals surface area contributed by atoms with E-state index in [1.165, 1.54) is 25.7 Å². The summed E-state index contributed by atoms with van der Waals surface area (Å²) < 4.78 is 11.2. The van der Waals surface area contributed by atoms with E-state index in [0.717, 1.165) is 12.2 Å². The van der Waals surface area contributed by atoms with Crippen molar-refractivity contribution in [2.45, 2.75) is 39.0 Å². The molecule has 2 heteroatoms. The predicted octanol–water partition coefficient (Wildman–Crippen LogP) is 2.23. The van der Waals surface area contributed by atoms with Gasteiger partial charge in [-0.1, -0.05) is 32.6 Å². The molecule has 0 unspecified atom stereocenters. The Labute approximate surface area is 72.0 Å². The van der Waals surface area contributed by atoms with Gasteiger partial charge in [-0.15, -0.1) is 9.93 Å². The molecular weight excluding hydrogens is 156 g/mol. The SMILES string of the molecule is CCCCCCC[SH](C)(C)=O. The third-order valence-electron chi connectivity index (χ3n) is 1.80. The van der Waals surface area contributed by atoms with Gasteiger partial charge in [-0.25, -0.2) is 0 Å². The topological polar surface area (TPSA) is 17.1 Å². The smallest absolute Gasteiger partial charge is 0.000767 e. The van der Waals surface area contributed by atoms with Crippen LogP contribution >= 0.6 is 0 Å². The molecule has 0 fully saturated rings. The van der Waals surface area contributed by atoms with Crippen molar-refractivity contribution in [1.82, 2.24) is 0 Å². The van der Waals surface area contributed by atoms with Gasteiger partial charge in [0.1, 0.15) is 0 Å². The Morgan fingerprint density at radius 1 is 1.00 bits per heavy atom. The van der Waals surface area contributed by atoms with Crippen LogP contribution in [0.2, 0.25) is 0 Å². The molecule has 70 valence electrons. The largest absolute Gasteiger partial charge is 0.285 e. The maximum atomic E-state index is 11.2. The highest BCUT2D eigenvalue weighted by Crippen LogP contribution is 2.05. The number of thiol groups is 1. The Morgan fingerprint density at radius 2 is 1.55 bits per heavy atom. The first-order chi connectivity index (χ1) is 5.06. The molecule has 0 atom stereocenters. The molecule has 0 aromatic rings. The summed E-state index contributed by atoms with van der Waals surface area (Å²) in [5.41, 5.74) is 0. The summed E-state index contributed by atoms with van der Waals surface area (Å²) in [7, 11) is -1.71. The summed E-state index contributed by atoms with van der Waals surface area (Å²) in [5.74, 6) is 0.941. The van der Waals surface area contributed by atoms with Crippen molar-refractivity contribution < 1.29 is 4.21 Å². The highest BCUT2D eigenvalue weighted by Gasteiger charge is 1.98. The fraction of sp³-hybridized carbons (Fsp3) is 1.00. The highest BCUT2D eigenvalue weighted by molar-refractivity contribution is 8.01. The zero-order chi connectivity index (χ0) is 8.74. The molecule has 0 spiro atoms. The molecule has 0 heterocycles. The number of rotatable bonds is 6. The molecule has 0 aromatic heterocycles. The summed E-state index contributed by atoms with van der Waals surface area (Å²) >= 11 is 0. The molecule has 0 amide bonds. The lowest BCUT2D eigenvalue weighted by Gasteiger charge is -2.10. The van der Waals surface area contributed by atoms with E-state index in [1.54, 1.807) is 0 Å². The second-order valence-corrected chi connectivity index (χ2v) is 7.31. The zero-order valence-electron chi connectivity index (χ0n) is 8.10. The molecule has 0 bridgehead atoms. The van der Waals surface area contributed by atoms with Crippen LogP contribution in [0.3, 0.4) is 0 Å². The quantitative estimate of drug-likeness (QED) is 0.487. The van der Waals surface area contributed by atoms with Crippen LogP contribution in [0.1, 0.15) is 39.0 Å². The summed E-state index contributed by atoms with van der Waals surface area (Å²) in [6, 6.07) is 0. The Kier molecular flexibility index (Phi) is 5.83. The normalized spacial score (nSPS) is 13.4. The van der Waals surface area contributed by atoms with Crippen molar-refractivity contribution in [2.24, 2.45) is 0 Å². The molecule has 0 N–H and O–H groups in total. The molecule has 0 rings (SSSR count). The lowest BCUT2D eigenvalue weighted by Crippen LogP contribution is -2.11. The maximum absolute atomic E-state index is 11.2. The van der Waals surface area contributed by atoms with Gasteiger partial charge in [0, 0.05) is 5.75 Å². The van der Waals surface area contributed by atoms with Crippen molar-refractivity contribution in [1.29, 1.82) is 0 Å². The van der Waals surface area contributed by atoms with Crippen LogP contribution in [0.5, 0.6) is 0 Å². The van der Waals surface area contributed by atoms with Gasteiger partial charge in [-0.05, 0) is 18.9 Å². The summed E-state index contributed by atoms with van der Waals surface area (Å²) in [4.78, 5) is 0. The molecule has 0 aliphatic carbocycles. The lowest BCUT2D eigenvalue weighted by atomic mass is 10.2. The minimum Gasteiger partial charge on any atom is -0.285 e. The van der Waals surface area contributed by atoms with Gasteiger partial charge < -0.3 is 0 Å². The average molecular weight is 178 g/mol. The van der Waals surface area contributed by atoms with Crippen LogP contribution in [0.15, 0.2) is 0 Å². The second kappa shape index (κ2) is 5.76. The van der Waals surface area contributed by atoms with Gasteiger partial charge in [0.25, 0.3) is 0 Å². The van der Waals surface area contributed by atoms with E-state index in [1.807, 2.05) is 12.5 Å². The summed E-state index contributed by atoms with van der Waals surface area (Å²) in [6.07, 6.45) is 10.1. The van der Waals surface area contributed by atoms with Crippen LogP contribution in [0.25, 0.3) is 0 Å². The summed E-state index contributed by atoms with van der Waals surface area (Å²) in [6.45, 7) is 2.21. The van der Waals surface area contributed by atoms with Crippen LogP contribution in [-0.2, 0) is 9.93 Å². The number of hydrogen-bond donors (Lipinski definition) is 1. The molecule has 0 radical (unpaired) electrons. The first-order valence-electron chi connectivity index (χ1n) is 4.60. The molecule has 0 saturated carbocycles. The van der Waals surface area contributed by atoms with E-state index in [4.69, 9.17) is 0 Å². The summed E-state index contributed by atoms with van der Waals surface area (Å²) in [5, 5.41) is 0. The zero-order valence-corrected chi connectivity index (χ0v) is 8.99.